The monoisotopic (exact) mass is 370 g/mol. The fourth-order valence-electron chi connectivity index (χ4n) is 3.99. The molecule has 3 aromatic carbocycles. The summed E-state index contributed by atoms with van der Waals surface area (Å²) in [5.74, 6) is 0.409. The minimum atomic E-state index is 0.409. The zero-order valence-corrected chi connectivity index (χ0v) is 17.3. The van der Waals surface area contributed by atoms with E-state index < -0.39 is 0 Å². The topological polar surface area (TPSA) is 0 Å². The maximum Gasteiger partial charge on any atom is 0.0130 e. The quantitative estimate of drug-likeness (QED) is 0.300. The third-order valence-electron chi connectivity index (χ3n) is 5.69. The van der Waals surface area contributed by atoms with E-state index >= 15 is 0 Å². The van der Waals surface area contributed by atoms with Gasteiger partial charge in [-0.25, -0.2) is 0 Å². The Morgan fingerprint density at radius 1 is 0.536 bits per heavy atom. The molecule has 146 valence electrons. The van der Waals surface area contributed by atoms with Crippen LogP contribution in [0.3, 0.4) is 0 Å². The van der Waals surface area contributed by atoms with Crippen LogP contribution in [0.2, 0.25) is 0 Å². The summed E-state index contributed by atoms with van der Waals surface area (Å²) in [5, 5.41) is 0. The molecule has 0 saturated carbocycles. The molecule has 1 unspecified atom stereocenters. The van der Waals surface area contributed by atoms with Crippen molar-refractivity contribution in [2.45, 2.75) is 64.2 Å². The van der Waals surface area contributed by atoms with Crippen molar-refractivity contribution in [1.29, 1.82) is 0 Å². The highest BCUT2D eigenvalue weighted by atomic mass is 14.2. The summed E-state index contributed by atoms with van der Waals surface area (Å²) >= 11 is 0. The Hall–Kier alpha value is -2.34. The molecule has 0 aliphatic carbocycles. The van der Waals surface area contributed by atoms with Crippen molar-refractivity contribution < 1.29 is 0 Å². The first-order chi connectivity index (χ1) is 13.9. The minimum Gasteiger partial charge on any atom is -0.0654 e. The van der Waals surface area contributed by atoms with Crippen LogP contribution in [0.5, 0.6) is 0 Å². The van der Waals surface area contributed by atoms with Gasteiger partial charge in [0.2, 0.25) is 0 Å². The molecule has 0 aromatic heterocycles. The second-order valence-electron chi connectivity index (χ2n) is 7.91. The molecule has 0 heteroatoms. The van der Waals surface area contributed by atoms with Crippen molar-refractivity contribution in [3.63, 3.8) is 0 Å². The maximum atomic E-state index is 2.35. The van der Waals surface area contributed by atoms with Gasteiger partial charge in [-0.1, -0.05) is 124 Å². The van der Waals surface area contributed by atoms with Crippen LogP contribution in [-0.4, -0.2) is 0 Å². The van der Waals surface area contributed by atoms with E-state index in [9.17, 15) is 0 Å². The van der Waals surface area contributed by atoms with Gasteiger partial charge < -0.3 is 0 Å². The zero-order valence-electron chi connectivity index (χ0n) is 17.3. The lowest BCUT2D eigenvalue weighted by Crippen LogP contribution is -2.05. The lowest BCUT2D eigenvalue weighted by molar-refractivity contribution is 0.607. The molecule has 0 bridgehead atoms. The molecular formula is C28H34. The van der Waals surface area contributed by atoms with Gasteiger partial charge in [-0.05, 0) is 41.5 Å². The second kappa shape index (κ2) is 11.5. The number of rotatable bonds is 11. The van der Waals surface area contributed by atoms with Crippen LogP contribution < -0.4 is 0 Å². The van der Waals surface area contributed by atoms with E-state index in [2.05, 4.69) is 91.9 Å². The fourth-order valence-corrected chi connectivity index (χ4v) is 3.99. The highest BCUT2D eigenvalue weighted by molar-refractivity contribution is 5.36. The third-order valence-corrected chi connectivity index (χ3v) is 5.69. The largest absolute Gasteiger partial charge is 0.0654 e. The second-order valence-corrected chi connectivity index (χ2v) is 7.91. The van der Waals surface area contributed by atoms with Gasteiger partial charge in [0.05, 0.1) is 0 Å². The number of hydrogen-bond donors (Lipinski definition) is 0. The Balaban J connectivity index is 1.65. The number of aryl methyl sites for hydroxylation is 1. The number of benzene rings is 3. The Morgan fingerprint density at radius 3 is 1.79 bits per heavy atom. The molecular weight excluding hydrogens is 336 g/mol. The summed E-state index contributed by atoms with van der Waals surface area (Å²) < 4.78 is 0. The van der Waals surface area contributed by atoms with Gasteiger partial charge in [-0.2, -0.15) is 0 Å². The minimum absolute atomic E-state index is 0.409. The summed E-state index contributed by atoms with van der Waals surface area (Å²) in [6.07, 6.45) is 10.4. The van der Waals surface area contributed by atoms with Gasteiger partial charge in [0, 0.05) is 5.92 Å². The highest BCUT2D eigenvalue weighted by Gasteiger charge is 2.14. The SMILES string of the molecule is CCCCCCCCc1ccc(C(Cc2ccccc2)c2ccccc2)cc1. The molecule has 0 amide bonds. The molecule has 0 nitrogen and oxygen atoms in total. The van der Waals surface area contributed by atoms with Crippen molar-refractivity contribution in [3.8, 4) is 0 Å². The molecule has 0 N–H and O–H groups in total. The van der Waals surface area contributed by atoms with E-state index in [4.69, 9.17) is 0 Å². The van der Waals surface area contributed by atoms with Gasteiger partial charge in [0.1, 0.15) is 0 Å². The van der Waals surface area contributed by atoms with Crippen LogP contribution in [-0.2, 0) is 12.8 Å². The molecule has 0 fully saturated rings. The molecule has 0 heterocycles. The van der Waals surface area contributed by atoms with Crippen LogP contribution in [0.25, 0.3) is 0 Å². The maximum absolute atomic E-state index is 2.35. The average molecular weight is 371 g/mol. The highest BCUT2D eigenvalue weighted by Crippen LogP contribution is 2.29. The predicted molar refractivity (Wildman–Crippen MR) is 122 cm³/mol. The van der Waals surface area contributed by atoms with Gasteiger partial charge in [0.25, 0.3) is 0 Å². The molecule has 3 rings (SSSR count). The molecule has 0 aliphatic heterocycles. The third kappa shape index (κ3) is 6.37. The summed E-state index contributed by atoms with van der Waals surface area (Å²) in [5.41, 5.74) is 5.69. The average Bonchev–Trinajstić information content (AvgIpc) is 2.76. The molecule has 1 atom stereocenters. The summed E-state index contributed by atoms with van der Waals surface area (Å²) in [6, 6.07) is 31.2. The van der Waals surface area contributed by atoms with Gasteiger partial charge in [0.15, 0.2) is 0 Å². The van der Waals surface area contributed by atoms with E-state index in [-0.39, 0.29) is 0 Å². The van der Waals surface area contributed by atoms with Crippen LogP contribution in [0.1, 0.15) is 73.6 Å². The van der Waals surface area contributed by atoms with E-state index in [1.54, 1.807) is 0 Å². The Morgan fingerprint density at radius 2 is 1.11 bits per heavy atom. The van der Waals surface area contributed by atoms with Crippen molar-refractivity contribution in [1.82, 2.24) is 0 Å². The first kappa shape index (κ1) is 20.4. The predicted octanol–water partition coefficient (Wildman–Crippen LogP) is 7.96. The van der Waals surface area contributed by atoms with Crippen molar-refractivity contribution in [2.75, 3.05) is 0 Å². The van der Waals surface area contributed by atoms with Gasteiger partial charge >= 0.3 is 0 Å². The van der Waals surface area contributed by atoms with Crippen LogP contribution >= 0.6 is 0 Å². The summed E-state index contributed by atoms with van der Waals surface area (Å²) in [7, 11) is 0. The molecule has 0 aliphatic rings. The van der Waals surface area contributed by atoms with Gasteiger partial charge in [-0.15, -0.1) is 0 Å². The lowest BCUT2D eigenvalue weighted by atomic mass is 9.85. The Bertz CT molecular complexity index is 771. The molecule has 28 heavy (non-hydrogen) atoms. The Kier molecular flexibility index (Phi) is 8.37. The van der Waals surface area contributed by atoms with Crippen LogP contribution in [0.15, 0.2) is 84.9 Å². The number of unbranched alkanes of at least 4 members (excludes halogenated alkanes) is 5. The van der Waals surface area contributed by atoms with Crippen LogP contribution in [0.4, 0.5) is 0 Å². The summed E-state index contributed by atoms with van der Waals surface area (Å²) in [4.78, 5) is 0. The smallest absolute Gasteiger partial charge is 0.0130 e. The van der Waals surface area contributed by atoms with E-state index in [0.717, 1.165) is 6.42 Å². The van der Waals surface area contributed by atoms with Crippen LogP contribution in [0, 0.1) is 0 Å². The number of hydrogen-bond acceptors (Lipinski definition) is 0. The van der Waals surface area contributed by atoms with Crippen molar-refractivity contribution in [3.05, 3.63) is 107 Å². The Labute approximate surface area is 171 Å². The fraction of sp³-hybridized carbons (Fsp3) is 0.357. The van der Waals surface area contributed by atoms with E-state index in [0.29, 0.717) is 5.92 Å². The normalized spacial score (nSPS) is 12.0. The van der Waals surface area contributed by atoms with Gasteiger partial charge in [-0.3, -0.25) is 0 Å². The molecule has 0 radical (unpaired) electrons. The van der Waals surface area contributed by atoms with E-state index in [1.165, 1.54) is 67.2 Å². The van der Waals surface area contributed by atoms with Crippen molar-refractivity contribution in [2.24, 2.45) is 0 Å². The first-order valence-electron chi connectivity index (χ1n) is 11.0. The molecule has 3 aromatic rings. The molecule has 0 saturated heterocycles. The molecule has 0 spiro atoms. The zero-order chi connectivity index (χ0) is 19.4. The van der Waals surface area contributed by atoms with E-state index in [1.807, 2.05) is 0 Å². The lowest BCUT2D eigenvalue weighted by Gasteiger charge is -2.19. The summed E-state index contributed by atoms with van der Waals surface area (Å²) in [6.45, 7) is 2.28. The standard InChI is InChI=1S/C28H34/c1-2-3-4-5-6-9-14-24-19-21-27(22-20-24)28(26-17-12-8-13-18-26)23-25-15-10-7-11-16-25/h7-8,10-13,15-22,28H,2-6,9,14,23H2,1H3. The van der Waals surface area contributed by atoms with Crippen molar-refractivity contribution >= 4 is 0 Å². The first-order valence-corrected chi connectivity index (χ1v) is 11.0.